The second-order valence-electron chi connectivity index (χ2n) is 13.3. The van der Waals surface area contributed by atoms with E-state index in [1.54, 1.807) is 33.9 Å². The van der Waals surface area contributed by atoms with E-state index in [4.69, 9.17) is 9.47 Å². The van der Waals surface area contributed by atoms with Crippen LogP contribution in [0.5, 0.6) is 5.75 Å². The Morgan fingerprint density at radius 2 is 1.82 bits per heavy atom. The van der Waals surface area contributed by atoms with E-state index in [0.717, 1.165) is 31.2 Å². The van der Waals surface area contributed by atoms with Crippen LogP contribution in [0.3, 0.4) is 0 Å². The van der Waals surface area contributed by atoms with Crippen LogP contribution in [0.2, 0.25) is 0 Å². The molecule has 12 heteroatoms. The van der Waals surface area contributed by atoms with Gasteiger partial charge in [-0.3, -0.25) is 9.59 Å². The van der Waals surface area contributed by atoms with Crippen molar-refractivity contribution >= 4 is 29.2 Å². The quantitative estimate of drug-likeness (QED) is 0.410. The molecule has 0 bridgehead atoms. The van der Waals surface area contributed by atoms with Crippen molar-refractivity contribution in [1.82, 2.24) is 29.7 Å². The Hall–Kier alpha value is -4.19. The van der Waals surface area contributed by atoms with Gasteiger partial charge in [0.15, 0.2) is 5.65 Å². The van der Waals surface area contributed by atoms with Crippen LogP contribution in [0.1, 0.15) is 86.6 Å². The molecule has 4 heterocycles. The summed E-state index contributed by atoms with van der Waals surface area (Å²) < 4.78 is 13.1. The van der Waals surface area contributed by atoms with Gasteiger partial charge in [0.25, 0.3) is 11.8 Å². The predicted octanol–water partition coefficient (Wildman–Crippen LogP) is 4.24. The van der Waals surface area contributed by atoms with E-state index in [9.17, 15) is 14.4 Å². The van der Waals surface area contributed by atoms with Crippen molar-refractivity contribution in [3.8, 4) is 5.75 Å². The highest BCUT2D eigenvalue weighted by molar-refractivity contribution is 6.09. The number of ether oxygens (including phenoxy) is 2. The average molecular weight is 604 g/mol. The maximum atomic E-state index is 13.6. The first kappa shape index (κ1) is 29.9. The molecule has 2 N–H and O–H groups in total. The van der Waals surface area contributed by atoms with Gasteiger partial charge in [0.05, 0.1) is 18.0 Å². The van der Waals surface area contributed by atoms with E-state index in [1.165, 1.54) is 6.20 Å². The summed E-state index contributed by atoms with van der Waals surface area (Å²) in [4.78, 5) is 47.1. The molecule has 44 heavy (non-hydrogen) atoms. The molecule has 1 aliphatic carbocycles. The van der Waals surface area contributed by atoms with E-state index in [0.29, 0.717) is 53.9 Å². The molecule has 0 spiro atoms. The number of nitrogens with zero attached hydrogens (tertiary/aromatic N) is 5. The van der Waals surface area contributed by atoms with Crippen molar-refractivity contribution in [2.75, 3.05) is 18.4 Å². The smallest absolute Gasteiger partial charge is 0.410 e. The molecule has 234 valence electrons. The van der Waals surface area contributed by atoms with Gasteiger partial charge in [-0.1, -0.05) is 0 Å². The number of fused-ring (bicyclic) bond motifs is 2. The molecule has 0 unspecified atom stereocenters. The first-order chi connectivity index (χ1) is 20.9. The van der Waals surface area contributed by atoms with Crippen LogP contribution in [-0.2, 0) is 11.3 Å². The van der Waals surface area contributed by atoms with Crippen LogP contribution < -0.4 is 15.4 Å². The minimum absolute atomic E-state index is 0.00159. The number of aromatic nitrogens is 3. The van der Waals surface area contributed by atoms with Crippen LogP contribution in [0.25, 0.3) is 5.65 Å². The van der Waals surface area contributed by atoms with E-state index in [-0.39, 0.29) is 36.1 Å². The van der Waals surface area contributed by atoms with Gasteiger partial charge < -0.3 is 29.9 Å². The van der Waals surface area contributed by atoms with Crippen molar-refractivity contribution < 1.29 is 23.9 Å². The number of hydrogen-bond donors (Lipinski definition) is 2. The van der Waals surface area contributed by atoms with Crippen molar-refractivity contribution in [2.24, 2.45) is 0 Å². The fraction of sp³-hybridized carbons (Fsp3) is 0.531. The lowest BCUT2D eigenvalue weighted by Crippen LogP contribution is -2.62. The standard InChI is InChI=1S/C32H41N7O5/c1-19(2)43-27-14-24-20(13-26(27)36-29(40)25-15-34-39-12-6-11-33-28(25)39)16-38(30(24)41)23-9-7-21(8-10-23)35-22-17-37(18-22)31(42)44-32(3,4)5/h6,11-15,19,21-23,35H,7-10,16-18H2,1-5H3,(H,36,40). The number of anilines is 1. The van der Waals surface area contributed by atoms with Crippen LogP contribution in [0.4, 0.5) is 10.5 Å². The molecule has 6 rings (SSSR count). The molecule has 3 amide bonds. The average Bonchev–Trinajstić information content (AvgIpc) is 3.51. The van der Waals surface area contributed by atoms with Crippen molar-refractivity contribution in [1.29, 1.82) is 0 Å². The monoisotopic (exact) mass is 603 g/mol. The molecular formula is C32H41N7O5. The lowest BCUT2D eigenvalue weighted by atomic mass is 9.89. The van der Waals surface area contributed by atoms with Crippen molar-refractivity contribution in [3.05, 3.63) is 53.5 Å². The van der Waals surface area contributed by atoms with Gasteiger partial charge >= 0.3 is 6.09 Å². The maximum absolute atomic E-state index is 13.6. The van der Waals surface area contributed by atoms with Crippen LogP contribution >= 0.6 is 0 Å². The number of amides is 3. The fourth-order valence-corrected chi connectivity index (χ4v) is 6.23. The second kappa shape index (κ2) is 11.7. The highest BCUT2D eigenvalue weighted by Gasteiger charge is 2.38. The van der Waals surface area contributed by atoms with Gasteiger partial charge in [0.2, 0.25) is 0 Å². The zero-order valence-electron chi connectivity index (χ0n) is 26.0. The normalized spacial score (nSPS) is 20.5. The SMILES string of the molecule is CC(C)Oc1cc2c(cc1NC(=O)c1cnn3cccnc13)CN(C1CCC(NC3CN(C(=O)OC(C)(C)C)C3)CC1)C2=O. The predicted molar refractivity (Wildman–Crippen MR) is 164 cm³/mol. The molecule has 1 aromatic carbocycles. The zero-order chi connectivity index (χ0) is 31.2. The lowest BCUT2D eigenvalue weighted by Gasteiger charge is -2.43. The number of carbonyl (C=O) groups is 3. The molecule has 3 aliphatic rings. The fourth-order valence-electron chi connectivity index (χ4n) is 6.23. The highest BCUT2D eigenvalue weighted by Crippen LogP contribution is 2.37. The topological polar surface area (TPSA) is 130 Å². The summed E-state index contributed by atoms with van der Waals surface area (Å²) in [5.74, 6) is 0.113. The molecule has 2 aromatic heterocycles. The van der Waals surface area contributed by atoms with Gasteiger partial charge in [-0.25, -0.2) is 14.3 Å². The molecule has 0 radical (unpaired) electrons. The van der Waals surface area contributed by atoms with Gasteiger partial charge in [-0.15, -0.1) is 0 Å². The molecular weight excluding hydrogens is 562 g/mol. The number of carbonyl (C=O) groups excluding carboxylic acids is 3. The summed E-state index contributed by atoms with van der Waals surface area (Å²) in [6, 6.07) is 6.15. The zero-order valence-corrected chi connectivity index (χ0v) is 26.0. The number of hydrogen-bond acceptors (Lipinski definition) is 8. The Morgan fingerprint density at radius 1 is 1.07 bits per heavy atom. The minimum atomic E-state index is -0.493. The third-order valence-corrected chi connectivity index (χ3v) is 8.31. The van der Waals surface area contributed by atoms with E-state index in [1.807, 2.05) is 45.6 Å². The summed E-state index contributed by atoms with van der Waals surface area (Å²) in [5.41, 5.74) is 2.32. The summed E-state index contributed by atoms with van der Waals surface area (Å²) >= 11 is 0. The van der Waals surface area contributed by atoms with Crippen molar-refractivity contribution in [2.45, 2.75) is 96.7 Å². The van der Waals surface area contributed by atoms with Gasteiger partial charge in [-0.2, -0.15) is 5.10 Å². The Kier molecular flexibility index (Phi) is 7.95. The van der Waals surface area contributed by atoms with Gasteiger partial charge in [-0.05, 0) is 84.1 Å². The molecule has 1 saturated heterocycles. The Morgan fingerprint density at radius 3 is 2.52 bits per heavy atom. The van der Waals surface area contributed by atoms with E-state index >= 15 is 0 Å². The van der Waals surface area contributed by atoms with E-state index < -0.39 is 5.60 Å². The first-order valence-corrected chi connectivity index (χ1v) is 15.4. The maximum Gasteiger partial charge on any atom is 0.410 e. The van der Waals surface area contributed by atoms with Gasteiger partial charge in [0, 0.05) is 55.7 Å². The first-order valence-electron chi connectivity index (χ1n) is 15.4. The largest absolute Gasteiger partial charge is 0.489 e. The number of rotatable bonds is 7. The summed E-state index contributed by atoms with van der Waals surface area (Å²) in [6.07, 6.45) is 8.17. The summed E-state index contributed by atoms with van der Waals surface area (Å²) in [5, 5.41) is 10.9. The van der Waals surface area contributed by atoms with E-state index in [2.05, 4.69) is 20.7 Å². The second-order valence-corrected chi connectivity index (χ2v) is 13.3. The number of nitrogens with one attached hydrogen (secondary N) is 2. The highest BCUT2D eigenvalue weighted by atomic mass is 16.6. The lowest BCUT2D eigenvalue weighted by molar-refractivity contribution is 0.00326. The summed E-state index contributed by atoms with van der Waals surface area (Å²) in [7, 11) is 0. The third kappa shape index (κ3) is 6.21. The molecule has 12 nitrogen and oxygen atoms in total. The Labute approximate surface area is 257 Å². The van der Waals surface area contributed by atoms with Crippen LogP contribution in [0.15, 0.2) is 36.8 Å². The molecule has 1 saturated carbocycles. The van der Waals surface area contributed by atoms with Crippen LogP contribution in [-0.4, -0.2) is 85.2 Å². The summed E-state index contributed by atoms with van der Waals surface area (Å²) in [6.45, 7) is 11.2. The molecule has 2 aliphatic heterocycles. The van der Waals surface area contributed by atoms with Gasteiger partial charge in [0.1, 0.15) is 16.9 Å². The number of likely N-dealkylation sites (tertiary alicyclic amines) is 1. The Balaban J connectivity index is 1.08. The van der Waals surface area contributed by atoms with Crippen molar-refractivity contribution in [3.63, 3.8) is 0 Å². The van der Waals surface area contributed by atoms with Crippen LogP contribution in [0, 0.1) is 0 Å². The molecule has 0 atom stereocenters. The molecule has 2 fully saturated rings. The molecule has 3 aromatic rings. The number of benzene rings is 1. The Bertz CT molecular complexity index is 1560. The minimum Gasteiger partial charge on any atom is -0.489 e. The third-order valence-electron chi connectivity index (χ3n) is 8.31.